The molecule has 0 spiro atoms. The molecule has 1 fully saturated rings. The lowest BCUT2D eigenvalue weighted by molar-refractivity contribution is 0.0370. The van der Waals surface area contributed by atoms with Gasteiger partial charge in [0.15, 0.2) is 5.78 Å². The highest BCUT2D eigenvalue weighted by Gasteiger charge is 2.15. The molecule has 20 heavy (non-hydrogen) atoms. The second-order valence-electron chi connectivity index (χ2n) is 5.26. The summed E-state index contributed by atoms with van der Waals surface area (Å²) in [5.74, 6) is 1.05. The highest BCUT2D eigenvalue weighted by molar-refractivity contribution is 5.98. The van der Waals surface area contributed by atoms with E-state index in [1.165, 1.54) is 0 Å². The van der Waals surface area contributed by atoms with Gasteiger partial charge in [-0.3, -0.25) is 9.69 Å². The Hall–Kier alpha value is -1.39. The molecule has 4 heteroatoms. The van der Waals surface area contributed by atoms with Gasteiger partial charge in [-0.2, -0.15) is 0 Å². The van der Waals surface area contributed by atoms with E-state index in [1.807, 2.05) is 26.0 Å². The van der Waals surface area contributed by atoms with Crippen LogP contribution in [0.15, 0.2) is 12.1 Å². The molecule has 0 aromatic heterocycles. The van der Waals surface area contributed by atoms with Gasteiger partial charge in [0.25, 0.3) is 0 Å². The van der Waals surface area contributed by atoms with Gasteiger partial charge in [0.1, 0.15) is 5.75 Å². The lowest BCUT2D eigenvalue weighted by atomic mass is 9.99. The zero-order valence-corrected chi connectivity index (χ0v) is 12.6. The molecule has 1 heterocycles. The summed E-state index contributed by atoms with van der Waals surface area (Å²) in [4.78, 5) is 14.6. The molecule has 0 saturated carbocycles. The number of nitrogens with zero attached hydrogens (tertiary/aromatic N) is 1. The van der Waals surface area contributed by atoms with E-state index in [-0.39, 0.29) is 5.78 Å². The smallest absolute Gasteiger partial charge is 0.164 e. The summed E-state index contributed by atoms with van der Waals surface area (Å²) < 4.78 is 10.6. The molecule has 0 atom stereocenters. The Kier molecular flexibility index (Phi) is 5.15. The molecular weight excluding hydrogens is 254 g/mol. The Labute approximate surface area is 120 Å². The van der Waals surface area contributed by atoms with Gasteiger partial charge in [0.2, 0.25) is 0 Å². The molecule has 1 aliphatic heterocycles. The molecule has 1 aromatic carbocycles. The Morgan fingerprint density at radius 2 is 1.95 bits per heavy atom. The van der Waals surface area contributed by atoms with E-state index in [9.17, 15) is 4.79 Å². The fourth-order valence-electron chi connectivity index (χ4n) is 2.53. The number of ketones is 1. The Balaban J connectivity index is 1.99. The molecule has 0 amide bonds. The van der Waals surface area contributed by atoms with E-state index in [1.54, 1.807) is 7.11 Å². The van der Waals surface area contributed by atoms with Gasteiger partial charge in [-0.25, -0.2) is 0 Å². The normalized spacial score (nSPS) is 16.1. The SMILES string of the molecule is COc1cc(C)c(C(=O)CCN2CCOCC2)cc1C. The van der Waals surface area contributed by atoms with Crippen molar-refractivity contribution in [2.24, 2.45) is 0 Å². The van der Waals surface area contributed by atoms with Crippen LogP contribution >= 0.6 is 0 Å². The number of Topliss-reactive ketones (excluding diaryl/α,β-unsaturated/α-hetero) is 1. The molecular formula is C16H23NO3. The number of benzene rings is 1. The summed E-state index contributed by atoms with van der Waals surface area (Å²) in [5, 5.41) is 0. The molecule has 2 rings (SSSR count). The first-order valence-electron chi connectivity index (χ1n) is 7.10. The Morgan fingerprint density at radius 3 is 2.60 bits per heavy atom. The van der Waals surface area contributed by atoms with E-state index in [4.69, 9.17) is 9.47 Å². The fourth-order valence-corrected chi connectivity index (χ4v) is 2.53. The summed E-state index contributed by atoms with van der Waals surface area (Å²) in [7, 11) is 1.65. The number of aryl methyl sites for hydroxylation is 2. The maximum Gasteiger partial charge on any atom is 0.164 e. The quantitative estimate of drug-likeness (QED) is 0.774. The number of ether oxygens (including phenoxy) is 2. The molecule has 0 aliphatic carbocycles. The van der Waals surface area contributed by atoms with Crippen LogP contribution in [0.3, 0.4) is 0 Å². The first-order valence-corrected chi connectivity index (χ1v) is 7.10. The highest BCUT2D eigenvalue weighted by atomic mass is 16.5. The van der Waals surface area contributed by atoms with Gasteiger partial charge in [-0.05, 0) is 37.1 Å². The summed E-state index contributed by atoms with van der Waals surface area (Å²) in [6, 6.07) is 3.88. The van der Waals surface area contributed by atoms with Crippen LogP contribution in [0.25, 0.3) is 0 Å². The third-order valence-corrected chi connectivity index (χ3v) is 3.80. The Bertz CT molecular complexity index is 479. The monoisotopic (exact) mass is 277 g/mol. The highest BCUT2D eigenvalue weighted by Crippen LogP contribution is 2.23. The third kappa shape index (κ3) is 3.58. The number of carbonyl (C=O) groups excluding carboxylic acids is 1. The van der Waals surface area contributed by atoms with Gasteiger partial charge in [-0.15, -0.1) is 0 Å². The van der Waals surface area contributed by atoms with Crippen LogP contribution in [0.5, 0.6) is 5.75 Å². The summed E-state index contributed by atoms with van der Waals surface area (Å²) in [6.07, 6.45) is 0.562. The predicted molar refractivity (Wildman–Crippen MR) is 78.7 cm³/mol. The van der Waals surface area contributed by atoms with Crippen LogP contribution in [0.1, 0.15) is 27.9 Å². The summed E-state index contributed by atoms with van der Waals surface area (Å²) in [6.45, 7) is 8.14. The number of morpholine rings is 1. The van der Waals surface area contributed by atoms with E-state index >= 15 is 0 Å². The van der Waals surface area contributed by atoms with Crippen molar-refractivity contribution in [3.05, 3.63) is 28.8 Å². The molecule has 1 aromatic rings. The summed E-state index contributed by atoms with van der Waals surface area (Å²) >= 11 is 0. The third-order valence-electron chi connectivity index (χ3n) is 3.80. The van der Waals surface area contributed by atoms with E-state index < -0.39 is 0 Å². The van der Waals surface area contributed by atoms with Crippen molar-refractivity contribution in [2.45, 2.75) is 20.3 Å². The largest absolute Gasteiger partial charge is 0.496 e. The van der Waals surface area contributed by atoms with Gasteiger partial charge in [0, 0.05) is 31.6 Å². The first-order chi connectivity index (χ1) is 9.61. The number of methoxy groups -OCH3 is 1. The van der Waals surface area contributed by atoms with Crippen molar-refractivity contribution < 1.29 is 14.3 Å². The molecule has 0 unspecified atom stereocenters. The van der Waals surface area contributed by atoms with Crippen molar-refractivity contribution in [2.75, 3.05) is 40.0 Å². The van der Waals surface area contributed by atoms with Crippen LogP contribution in [0, 0.1) is 13.8 Å². The minimum atomic E-state index is 0.208. The Morgan fingerprint density at radius 1 is 1.25 bits per heavy atom. The van der Waals surface area contributed by atoms with E-state index in [0.29, 0.717) is 6.42 Å². The van der Waals surface area contributed by atoms with Crippen molar-refractivity contribution in [1.82, 2.24) is 4.90 Å². The van der Waals surface area contributed by atoms with Gasteiger partial charge < -0.3 is 9.47 Å². The van der Waals surface area contributed by atoms with E-state index in [0.717, 1.165) is 55.3 Å². The van der Waals surface area contributed by atoms with Crippen molar-refractivity contribution in [3.8, 4) is 5.75 Å². The average Bonchev–Trinajstić information content (AvgIpc) is 2.47. The van der Waals surface area contributed by atoms with E-state index in [2.05, 4.69) is 4.90 Å². The molecule has 1 aliphatic rings. The topological polar surface area (TPSA) is 38.8 Å². The van der Waals surface area contributed by atoms with Gasteiger partial charge in [-0.1, -0.05) is 0 Å². The van der Waals surface area contributed by atoms with Gasteiger partial charge in [0.05, 0.1) is 20.3 Å². The standard InChI is InChI=1S/C16H23NO3/c1-12-11-16(19-3)13(2)10-14(12)15(18)4-5-17-6-8-20-9-7-17/h10-11H,4-9H2,1-3H3. The minimum absolute atomic E-state index is 0.208. The second-order valence-corrected chi connectivity index (χ2v) is 5.26. The van der Waals surface area contributed by atoms with Crippen LogP contribution in [0.4, 0.5) is 0 Å². The number of hydrogen-bond donors (Lipinski definition) is 0. The summed E-state index contributed by atoms with van der Waals surface area (Å²) in [5.41, 5.74) is 2.81. The number of carbonyl (C=O) groups is 1. The van der Waals surface area contributed by atoms with Gasteiger partial charge >= 0.3 is 0 Å². The van der Waals surface area contributed by atoms with Crippen LogP contribution in [-0.4, -0.2) is 50.6 Å². The van der Waals surface area contributed by atoms with Crippen LogP contribution < -0.4 is 4.74 Å². The van der Waals surface area contributed by atoms with Crippen LogP contribution in [0.2, 0.25) is 0 Å². The lowest BCUT2D eigenvalue weighted by Gasteiger charge is -2.26. The lowest BCUT2D eigenvalue weighted by Crippen LogP contribution is -2.37. The molecule has 0 bridgehead atoms. The number of hydrogen-bond acceptors (Lipinski definition) is 4. The van der Waals surface area contributed by atoms with Crippen molar-refractivity contribution >= 4 is 5.78 Å². The maximum absolute atomic E-state index is 12.4. The van der Waals surface area contributed by atoms with Crippen molar-refractivity contribution in [3.63, 3.8) is 0 Å². The van der Waals surface area contributed by atoms with Crippen LogP contribution in [-0.2, 0) is 4.74 Å². The molecule has 4 nitrogen and oxygen atoms in total. The fraction of sp³-hybridized carbons (Fsp3) is 0.562. The van der Waals surface area contributed by atoms with Crippen molar-refractivity contribution in [1.29, 1.82) is 0 Å². The second kappa shape index (κ2) is 6.86. The average molecular weight is 277 g/mol. The maximum atomic E-state index is 12.4. The predicted octanol–water partition coefficient (Wildman–Crippen LogP) is 2.22. The molecule has 110 valence electrons. The minimum Gasteiger partial charge on any atom is -0.496 e. The molecule has 1 saturated heterocycles. The molecule has 0 N–H and O–H groups in total. The first kappa shape index (κ1) is 15.0. The molecule has 0 radical (unpaired) electrons. The number of rotatable bonds is 5. The zero-order chi connectivity index (χ0) is 14.5. The zero-order valence-electron chi connectivity index (χ0n) is 12.6.